The molecule has 0 aliphatic carbocycles. The molecule has 1 aliphatic heterocycles. The van der Waals surface area contributed by atoms with Gasteiger partial charge in [0.1, 0.15) is 11.4 Å². The summed E-state index contributed by atoms with van der Waals surface area (Å²) >= 11 is 0. The first kappa shape index (κ1) is 22.8. The van der Waals surface area contributed by atoms with Crippen LogP contribution in [0.1, 0.15) is 32.8 Å². The van der Waals surface area contributed by atoms with Crippen molar-refractivity contribution < 1.29 is 19.4 Å². The molecule has 1 amide bonds. The molecule has 6 nitrogen and oxygen atoms in total. The number of pyridine rings is 1. The number of carbonyl (C=O) groups excluding carboxylic acids is 1. The highest BCUT2D eigenvalue weighted by Gasteiger charge is 2.34. The lowest BCUT2D eigenvalue weighted by atomic mass is 9.81. The molecule has 31 heavy (non-hydrogen) atoms. The summed E-state index contributed by atoms with van der Waals surface area (Å²) in [7, 11) is 1.63. The third kappa shape index (κ3) is 5.64. The third-order valence-electron chi connectivity index (χ3n) is 5.56. The van der Waals surface area contributed by atoms with Gasteiger partial charge in [0, 0.05) is 24.7 Å². The molecule has 1 N–H and O–H groups in total. The summed E-state index contributed by atoms with van der Waals surface area (Å²) in [6.45, 7) is 10.5. The number of likely N-dealkylation sites (tertiary alicyclic amines) is 1. The van der Waals surface area contributed by atoms with E-state index in [0.717, 1.165) is 22.2 Å². The second kappa shape index (κ2) is 9.52. The number of rotatable bonds is 5. The number of piperidine rings is 1. The standard InChI is InChI=1S/C25H32N2O4/c1-6-17-16-27(24(29)31-25(2,3)4)14-12-20(17)23(28)10-7-18-11-13-26-22-9-8-19(30-5)15-21(18)22/h6-11,13,15,17,20,23,28H,1,12,14,16H2,2-5H3/b10-7+/t17-,20+,23-/m0/s1. The number of ether oxygens (including phenoxy) is 2. The van der Waals surface area contributed by atoms with Crippen molar-refractivity contribution in [1.29, 1.82) is 0 Å². The Morgan fingerprint density at radius 2 is 2.13 bits per heavy atom. The smallest absolute Gasteiger partial charge is 0.410 e. The maximum Gasteiger partial charge on any atom is 0.410 e. The number of aromatic nitrogens is 1. The van der Waals surface area contributed by atoms with Gasteiger partial charge in [0.25, 0.3) is 0 Å². The molecule has 0 unspecified atom stereocenters. The van der Waals surface area contributed by atoms with Crippen LogP contribution in [0.5, 0.6) is 5.75 Å². The zero-order chi connectivity index (χ0) is 22.6. The first-order chi connectivity index (χ1) is 14.7. The summed E-state index contributed by atoms with van der Waals surface area (Å²) in [4.78, 5) is 18.5. The molecular formula is C25H32N2O4. The fraction of sp³-hybridized carbons (Fsp3) is 0.440. The monoisotopic (exact) mass is 424 g/mol. The molecule has 1 aromatic carbocycles. The first-order valence-corrected chi connectivity index (χ1v) is 10.6. The Labute approximate surface area is 184 Å². The number of fused-ring (bicyclic) bond motifs is 1. The molecule has 0 spiro atoms. The van der Waals surface area contributed by atoms with Crippen LogP contribution in [-0.2, 0) is 4.74 Å². The third-order valence-corrected chi connectivity index (χ3v) is 5.56. The molecule has 0 saturated carbocycles. The van der Waals surface area contributed by atoms with Crippen LogP contribution in [0, 0.1) is 11.8 Å². The minimum absolute atomic E-state index is 0.0183. The van der Waals surface area contributed by atoms with Crippen molar-refractivity contribution in [1.82, 2.24) is 9.88 Å². The Kier molecular flexibility index (Phi) is 7.01. The number of aliphatic hydroxyl groups excluding tert-OH is 1. The number of benzene rings is 1. The highest BCUT2D eigenvalue weighted by atomic mass is 16.6. The van der Waals surface area contributed by atoms with Crippen LogP contribution in [0.3, 0.4) is 0 Å². The van der Waals surface area contributed by atoms with Crippen molar-refractivity contribution in [2.45, 2.75) is 38.9 Å². The average molecular weight is 425 g/mol. The molecule has 3 rings (SSSR count). The van der Waals surface area contributed by atoms with Crippen molar-refractivity contribution in [2.75, 3.05) is 20.2 Å². The largest absolute Gasteiger partial charge is 0.497 e. The molecule has 166 valence electrons. The number of carbonyl (C=O) groups is 1. The van der Waals surface area contributed by atoms with Gasteiger partial charge >= 0.3 is 6.09 Å². The molecule has 0 bridgehead atoms. The second-order valence-electron chi connectivity index (χ2n) is 8.91. The quantitative estimate of drug-likeness (QED) is 0.706. The zero-order valence-electron chi connectivity index (χ0n) is 18.7. The fourth-order valence-electron chi connectivity index (χ4n) is 3.93. The van der Waals surface area contributed by atoms with Crippen molar-refractivity contribution in [3.63, 3.8) is 0 Å². The topological polar surface area (TPSA) is 71.9 Å². The van der Waals surface area contributed by atoms with Crippen molar-refractivity contribution in [2.24, 2.45) is 11.8 Å². The molecule has 1 saturated heterocycles. The molecular weight excluding hydrogens is 392 g/mol. The molecule has 1 aliphatic rings. The van der Waals surface area contributed by atoms with Crippen molar-refractivity contribution in [3.05, 3.63) is 54.8 Å². The van der Waals surface area contributed by atoms with Crippen LogP contribution in [0.15, 0.2) is 49.2 Å². The van der Waals surface area contributed by atoms with E-state index in [1.807, 2.05) is 63.3 Å². The summed E-state index contributed by atoms with van der Waals surface area (Å²) < 4.78 is 10.8. The average Bonchev–Trinajstić information content (AvgIpc) is 2.75. The minimum atomic E-state index is -0.655. The van der Waals surface area contributed by atoms with E-state index in [-0.39, 0.29) is 17.9 Å². The summed E-state index contributed by atoms with van der Waals surface area (Å²) in [6, 6.07) is 7.66. The van der Waals surface area contributed by atoms with Gasteiger partial charge in [0.2, 0.25) is 0 Å². The Balaban J connectivity index is 1.73. The zero-order valence-corrected chi connectivity index (χ0v) is 18.7. The Hall–Kier alpha value is -2.86. The summed E-state index contributed by atoms with van der Waals surface area (Å²) in [5.41, 5.74) is 1.30. The van der Waals surface area contributed by atoms with E-state index >= 15 is 0 Å². The van der Waals surface area contributed by atoms with Crippen LogP contribution in [0.2, 0.25) is 0 Å². The predicted octanol–water partition coefficient (Wildman–Crippen LogP) is 4.68. The van der Waals surface area contributed by atoms with Gasteiger partial charge < -0.3 is 19.5 Å². The van der Waals surface area contributed by atoms with E-state index in [1.54, 1.807) is 18.2 Å². The number of hydrogen-bond donors (Lipinski definition) is 1. The van der Waals surface area contributed by atoms with E-state index in [0.29, 0.717) is 19.5 Å². The molecule has 2 heterocycles. The number of aliphatic hydroxyl groups is 1. The van der Waals surface area contributed by atoms with Crippen LogP contribution >= 0.6 is 0 Å². The van der Waals surface area contributed by atoms with E-state index < -0.39 is 11.7 Å². The van der Waals surface area contributed by atoms with Gasteiger partial charge in [0.15, 0.2) is 0 Å². The maximum atomic E-state index is 12.4. The second-order valence-corrected chi connectivity index (χ2v) is 8.91. The minimum Gasteiger partial charge on any atom is -0.497 e. The lowest BCUT2D eigenvalue weighted by Gasteiger charge is -2.39. The summed E-state index contributed by atoms with van der Waals surface area (Å²) in [5, 5.41) is 11.9. The number of nitrogens with zero attached hydrogens (tertiary/aromatic N) is 2. The molecule has 0 radical (unpaired) electrons. The van der Waals surface area contributed by atoms with E-state index in [9.17, 15) is 9.90 Å². The van der Waals surface area contributed by atoms with E-state index in [4.69, 9.17) is 9.47 Å². The van der Waals surface area contributed by atoms with E-state index in [1.165, 1.54) is 0 Å². The van der Waals surface area contributed by atoms with Gasteiger partial charge in [-0.05, 0) is 68.9 Å². The molecule has 6 heteroatoms. The van der Waals surface area contributed by atoms with Crippen LogP contribution < -0.4 is 4.74 Å². The number of hydrogen-bond acceptors (Lipinski definition) is 5. The van der Waals surface area contributed by atoms with Gasteiger partial charge in [0.05, 0.1) is 18.7 Å². The van der Waals surface area contributed by atoms with Crippen molar-refractivity contribution >= 4 is 23.1 Å². The van der Waals surface area contributed by atoms with Crippen LogP contribution in [0.4, 0.5) is 4.79 Å². The van der Waals surface area contributed by atoms with Gasteiger partial charge in [-0.1, -0.05) is 18.2 Å². The summed E-state index contributed by atoms with van der Waals surface area (Å²) in [6.07, 6.45) is 7.02. The Morgan fingerprint density at radius 3 is 2.81 bits per heavy atom. The SMILES string of the molecule is C=C[C@H]1CN(C(=O)OC(C)(C)C)CC[C@H]1[C@@H](O)/C=C/c1ccnc2ccc(OC)cc12. The Bertz CT molecular complexity index is 964. The van der Waals surface area contributed by atoms with Crippen LogP contribution in [0.25, 0.3) is 17.0 Å². The molecule has 1 aromatic heterocycles. The first-order valence-electron chi connectivity index (χ1n) is 10.6. The highest BCUT2D eigenvalue weighted by Crippen LogP contribution is 2.30. The molecule has 1 fully saturated rings. The fourth-order valence-corrected chi connectivity index (χ4v) is 3.93. The highest BCUT2D eigenvalue weighted by molar-refractivity contribution is 5.88. The van der Waals surface area contributed by atoms with Gasteiger partial charge in [-0.2, -0.15) is 0 Å². The Morgan fingerprint density at radius 1 is 1.35 bits per heavy atom. The van der Waals surface area contributed by atoms with Gasteiger partial charge in [-0.15, -0.1) is 6.58 Å². The van der Waals surface area contributed by atoms with Gasteiger partial charge in [-0.3, -0.25) is 4.98 Å². The van der Waals surface area contributed by atoms with Gasteiger partial charge in [-0.25, -0.2) is 4.79 Å². The van der Waals surface area contributed by atoms with Crippen LogP contribution in [-0.4, -0.2) is 53.0 Å². The molecule has 3 atom stereocenters. The number of methoxy groups -OCH3 is 1. The predicted molar refractivity (Wildman–Crippen MR) is 123 cm³/mol. The van der Waals surface area contributed by atoms with Crippen molar-refractivity contribution in [3.8, 4) is 5.75 Å². The molecule has 2 aromatic rings. The number of amides is 1. The lowest BCUT2D eigenvalue weighted by Crippen LogP contribution is -2.47. The normalized spacial score (nSPS) is 20.6. The lowest BCUT2D eigenvalue weighted by molar-refractivity contribution is 0.00399. The maximum absolute atomic E-state index is 12.4. The van der Waals surface area contributed by atoms with E-state index in [2.05, 4.69) is 11.6 Å². The summed E-state index contributed by atoms with van der Waals surface area (Å²) in [5.74, 6) is 0.724.